The Morgan fingerprint density at radius 1 is 1.90 bits per heavy atom. The van der Waals surface area contributed by atoms with Crippen LogP contribution < -0.4 is 0 Å². The molecule has 0 rings (SSSR count). The van der Waals surface area contributed by atoms with Crippen molar-refractivity contribution in [2.75, 3.05) is 6.54 Å². The molecule has 0 aromatic heterocycles. The second-order valence-corrected chi connectivity index (χ2v) is 1.78. The minimum Gasteiger partial charge on any atom is -0.265 e. The maximum Gasteiger partial charge on any atom is 0.212 e. The molecule has 6 nitrogen and oxygen atoms in total. The SMILES string of the molecule is CCC(C[N+](=O)[O-])N=[N+]=[N-]. The molecule has 6 heteroatoms. The molecule has 1 unspecified atom stereocenters. The van der Waals surface area contributed by atoms with Gasteiger partial charge in [0.25, 0.3) is 0 Å². The second-order valence-electron chi connectivity index (χ2n) is 1.78. The van der Waals surface area contributed by atoms with Crippen LogP contribution >= 0.6 is 0 Å². The maximum absolute atomic E-state index is 9.87. The smallest absolute Gasteiger partial charge is 0.212 e. The van der Waals surface area contributed by atoms with Crippen LogP contribution in [0.3, 0.4) is 0 Å². The summed E-state index contributed by atoms with van der Waals surface area (Å²) in [5, 5.41) is 13.1. The number of hydrogen-bond donors (Lipinski definition) is 0. The fraction of sp³-hybridized carbons (Fsp3) is 1.00. The van der Waals surface area contributed by atoms with E-state index in [4.69, 9.17) is 5.53 Å². The molecule has 1 atom stereocenters. The van der Waals surface area contributed by atoms with Crippen molar-refractivity contribution in [1.82, 2.24) is 0 Å². The number of nitrogens with zero attached hydrogens (tertiary/aromatic N) is 4. The lowest BCUT2D eigenvalue weighted by Crippen LogP contribution is -2.15. The molecular weight excluding hydrogens is 136 g/mol. The molecular formula is C4H8N4O2. The van der Waals surface area contributed by atoms with E-state index in [1.54, 1.807) is 6.92 Å². The largest absolute Gasteiger partial charge is 0.265 e. The third-order valence-corrected chi connectivity index (χ3v) is 1.05. The quantitative estimate of drug-likeness (QED) is 0.196. The van der Waals surface area contributed by atoms with E-state index >= 15 is 0 Å². The summed E-state index contributed by atoms with van der Waals surface area (Å²) < 4.78 is 0. The van der Waals surface area contributed by atoms with Crippen molar-refractivity contribution in [1.29, 1.82) is 0 Å². The van der Waals surface area contributed by atoms with Gasteiger partial charge < -0.3 is 0 Å². The standard InChI is InChI=1S/C4H8N4O2/c1-2-4(6-7-5)3-8(9)10/h4H,2-3H2,1H3. The topological polar surface area (TPSA) is 91.9 Å². The third kappa shape index (κ3) is 3.68. The van der Waals surface area contributed by atoms with Crippen LogP contribution in [0.4, 0.5) is 0 Å². The minimum absolute atomic E-state index is 0.277. The van der Waals surface area contributed by atoms with Gasteiger partial charge in [0.15, 0.2) is 0 Å². The Balaban J connectivity index is 3.82. The molecule has 0 saturated heterocycles. The average molecular weight is 144 g/mol. The fourth-order valence-electron chi connectivity index (χ4n) is 0.492. The average Bonchev–Trinajstić information content (AvgIpc) is 1.86. The predicted octanol–water partition coefficient (Wildman–Crippen LogP) is 1.35. The Bertz CT molecular complexity index is 163. The van der Waals surface area contributed by atoms with E-state index in [-0.39, 0.29) is 6.54 Å². The normalized spacial score (nSPS) is 11.7. The summed E-state index contributed by atoms with van der Waals surface area (Å²) in [6.45, 7) is 1.46. The molecule has 56 valence electrons. The predicted molar refractivity (Wildman–Crippen MR) is 35.1 cm³/mol. The van der Waals surface area contributed by atoms with Gasteiger partial charge in [0.1, 0.15) is 6.04 Å². The van der Waals surface area contributed by atoms with Gasteiger partial charge in [-0.05, 0) is 12.0 Å². The van der Waals surface area contributed by atoms with E-state index in [1.165, 1.54) is 0 Å². The summed E-state index contributed by atoms with van der Waals surface area (Å²) in [6.07, 6.45) is 0.505. The summed E-state index contributed by atoms with van der Waals surface area (Å²) in [6, 6.07) is -0.500. The maximum atomic E-state index is 9.87. The molecule has 0 heterocycles. The highest BCUT2D eigenvalue weighted by Gasteiger charge is 2.09. The van der Waals surface area contributed by atoms with Crippen molar-refractivity contribution in [2.45, 2.75) is 19.4 Å². The molecule has 0 radical (unpaired) electrons. The van der Waals surface area contributed by atoms with Gasteiger partial charge in [-0.3, -0.25) is 10.1 Å². The molecule has 0 aromatic carbocycles. The first kappa shape index (κ1) is 8.71. The Morgan fingerprint density at radius 3 is 2.80 bits per heavy atom. The Labute approximate surface area is 57.6 Å². The van der Waals surface area contributed by atoms with Gasteiger partial charge in [-0.25, -0.2) is 0 Å². The van der Waals surface area contributed by atoms with Crippen molar-refractivity contribution in [3.8, 4) is 0 Å². The number of hydrogen-bond acceptors (Lipinski definition) is 3. The summed E-state index contributed by atoms with van der Waals surface area (Å²) in [5.41, 5.74) is 7.92. The summed E-state index contributed by atoms with van der Waals surface area (Å²) in [5.74, 6) is 0. The van der Waals surface area contributed by atoms with Gasteiger partial charge in [-0.1, -0.05) is 12.0 Å². The molecule has 0 amide bonds. The molecule has 0 bridgehead atoms. The van der Waals surface area contributed by atoms with Crippen molar-refractivity contribution in [3.05, 3.63) is 20.6 Å². The van der Waals surface area contributed by atoms with E-state index in [9.17, 15) is 10.1 Å². The third-order valence-electron chi connectivity index (χ3n) is 1.05. The van der Waals surface area contributed by atoms with Crippen LogP contribution in [-0.4, -0.2) is 17.5 Å². The van der Waals surface area contributed by atoms with E-state index in [0.29, 0.717) is 6.42 Å². The second kappa shape index (κ2) is 4.58. The molecule has 0 aliphatic carbocycles. The fourth-order valence-corrected chi connectivity index (χ4v) is 0.492. The van der Waals surface area contributed by atoms with Crippen molar-refractivity contribution in [3.63, 3.8) is 0 Å². The van der Waals surface area contributed by atoms with Gasteiger partial charge in [-0.15, -0.1) is 0 Å². The van der Waals surface area contributed by atoms with Crippen LogP contribution in [-0.2, 0) is 0 Å². The highest BCUT2D eigenvalue weighted by atomic mass is 16.6. The number of rotatable bonds is 4. The van der Waals surface area contributed by atoms with Crippen LogP contribution in [0.15, 0.2) is 5.11 Å². The molecule has 0 fully saturated rings. The number of nitro groups is 1. The zero-order chi connectivity index (χ0) is 7.98. The molecule has 0 aromatic rings. The van der Waals surface area contributed by atoms with Crippen LogP contribution in [0.5, 0.6) is 0 Å². The van der Waals surface area contributed by atoms with Gasteiger partial charge in [0, 0.05) is 9.84 Å². The molecule has 0 saturated carbocycles. The zero-order valence-electron chi connectivity index (χ0n) is 5.60. The van der Waals surface area contributed by atoms with Gasteiger partial charge >= 0.3 is 0 Å². The monoisotopic (exact) mass is 144 g/mol. The molecule has 0 aliphatic rings. The van der Waals surface area contributed by atoms with E-state index in [1.807, 2.05) is 0 Å². The number of azide groups is 1. The Hall–Kier alpha value is -1.29. The highest BCUT2D eigenvalue weighted by Crippen LogP contribution is 1.96. The van der Waals surface area contributed by atoms with Gasteiger partial charge in [-0.2, -0.15) is 0 Å². The first-order valence-corrected chi connectivity index (χ1v) is 2.86. The van der Waals surface area contributed by atoms with E-state index < -0.39 is 11.0 Å². The van der Waals surface area contributed by atoms with Crippen LogP contribution in [0, 0.1) is 10.1 Å². The lowest BCUT2D eigenvalue weighted by Gasteiger charge is -1.98. The lowest BCUT2D eigenvalue weighted by atomic mass is 10.2. The molecule has 0 N–H and O–H groups in total. The lowest BCUT2D eigenvalue weighted by molar-refractivity contribution is -0.482. The molecule has 10 heavy (non-hydrogen) atoms. The molecule has 0 spiro atoms. The molecule has 0 aliphatic heterocycles. The van der Waals surface area contributed by atoms with Crippen molar-refractivity contribution < 1.29 is 4.92 Å². The van der Waals surface area contributed by atoms with Crippen LogP contribution in [0.2, 0.25) is 0 Å². The summed E-state index contributed by atoms with van der Waals surface area (Å²) in [7, 11) is 0. The Morgan fingerprint density at radius 2 is 2.50 bits per heavy atom. The zero-order valence-corrected chi connectivity index (χ0v) is 5.60. The first-order valence-electron chi connectivity index (χ1n) is 2.86. The van der Waals surface area contributed by atoms with Crippen molar-refractivity contribution >= 4 is 0 Å². The highest BCUT2D eigenvalue weighted by molar-refractivity contribution is 4.62. The first-order chi connectivity index (χ1) is 4.70. The Kier molecular flexibility index (Phi) is 3.99. The van der Waals surface area contributed by atoms with Crippen LogP contribution in [0.25, 0.3) is 10.4 Å². The van der Waals surface area contributed by atoms with Crippen LogP contribution in [0.1, 0.15) is 13.3 Å². The summed E-state index contributed by atoms with van der Waals surface area (Å²) in [4.78, 5) is 11.9. The minimum atomic E-state index is -0.500. The van der Waals surface area contributed by atoms with E-state index in [0.717, 1.165) is 0 Å². The van der Waals surface area contributed by atoms with Gasteiger partial charge in [0.05, 0.1) is 0 Å². The van der Waals surface area contributed by atoms with E-state index in [2.05, 4.69) is 10.0 Å². The van der Waals surface area contributed by atoms with Crippen molar-refractivity contribution in [2.24, 2.45) is 5.11 Å². The van der Waals surface area contributed by atoms with Gasteiger partial charge in [0.2, 0.25) is 6.54 Å². The summed E-state index contributed by atoms with van der Waals surface area (Å²) >= 11 is 0.